The van der Waals surface area contributed by atoms with Crippen molar-refractivity contribution < 1.29 is 4.42 Å². The maximum absolute atomic E-state index is 5.45. The fourth-order valence-corrected chi connectivity index (χ4v) is 2.82. The van der Waals surface area contributed by atoms with Gasteiger partial charge in [-0.05, 0) is 59.0 Å². The molecule has 4 aromatic rings. The molecule has 0 atom stereocenters. The van der Waals surface area contributed by atoms with Gasteiger partial charge < -0.3 is 15.1 Å². The quantitative estimate of drug-likeness (QED) is 0.188. The SMILES string of the molecule is Ic1ccc(/C=N\Nc2nc(Nc3ccccc3)nc(Nc3ccccc3)n2)o1. The van der Waals surface area contributed by atoms with Gasteiger partial charge in [0.15, 0.2) is 3.77 Å². The van der Waals surface area contributed by atoms with Crippen molar-refractivity contribution in [3.63, 3.8) is 0 Å². The second-order valence-electron chi connectivity index (χ2n) is 5.80. The van der Waals surface area contributed by atoms with Crippen LogP contribution >= 0.6 is 22.6 Å². The maximum Gasteiger partial charge on any atom is 0.250 e. The number of aromatic nitrogens is 3. The molecule has 0 saturated heterocycles. The molecule has 2 heterocycles. The second-order valence-corrected chi connectivity index (χ2v) is 6.86. The Bertz CT molecular complexity index is 1040. The van der Waals surface area contributed by atoms with Gasteiger partial charge in [0, 0.05) is 11.4 Å². The van der Waals surface area contributed by atoms with E-state index in [9.17, 15) is 0 Å². The van der Waals surface area contributed by atoms with Crippen LogP contribution in [-0.4, -0.2) is 21.2 Å². The molecule has 8 nitrogen and oxygen atoms in total. The van der Waals surface area contributed by atoms with Crippen molar-refractivity contribution in [3.8, 4) is 0 Å². The summed E-state index contributed by atoms with van der Waals surface area (Å²) in [5, 5.41) is 10.5. The first-order chi connectivity index (χ1) is 14.2. The fraction of sp³-hybridized carbons (Fsp3) is 0. The number of nitrogens with zero attached hydrogens (tertiary/aromatic N) is 4. The standard InChI is InChI=1S/C20H16IN7O/c21-17-12-11-16(29-17)13-22-28-20-26-18(23-14-7-3-1-4-8-14)25-19(27-20)24-15-9-5-2-6-10-15/h1-13H,(H3,23,24,25,26,27,28)/b22-13-. The van der Waals surface area contributed by atoms with Crippen LogP contribution in [0.25, 0.3) is 0 Å². The average Bonchev–Trinajstić information content (AvgIpc) is 3.14. The Balaban J connectivity index is 1.57. The van der Waals surface area contributed by atoms with Gasteiger partial charge in [0.1, 0.15) is 5.76 Å². The third-order valence-corrected chi connectivity index (χ3v) is 4.23. The van der Waals surface area contributed by atoms with Crippen LogP contribution in [0.4, 0.5) is 29.2 Å². The van der Waals surface area contributed by atoms with E-state index in [1.807, 2.05) is 72.8 Å². The highest BCUT2D eigenvalue weighted by Crippen LogP contribution is 2.18. The van der Waals surface area contributed by atoms with Crippen molar-refractivity contribution in [2.24, 2.45) is 5.10 Å². The summed E-state index contributed by atoms with van der Waals surface area (Å²) in [5.74, 6) is 1.68. The Labute approximate surface area is 180 Å². The van der Waals surface area contributed by atoms with Crippen molar-refractivity contribution >= 4 is 58.0 Å². The number of furan rings is 1. The Kier molecular flexibility index (Phi) is 5.95. The lowest BCUT2D eigenvalue weighted by atomic mass is 10.3. The van der Waals surface area contributed by atoms with Gasteiger partial charge in [-0.3, -0.25) is 0 Å². The molecule has 0 unspecified atom stereocenters. The van der Waals surface area contributed by atoms with Crippen LogP contribution in [-0.2, 0) is 0 Å². The molecule has 0 spiro atoms. The first-order valence-electron chi connectivity index (χ1n) is 8.69. The van der Waals surface area contributed by atoms with Crippen LogP contribution in [0.1, 0.15) is 5.76 Å². The Morgan fingerprint density at radius 2 is 1.28 bits per heavy atom. The molecule has 0 fully saturated rings. The Morgan fingerprint density at radius 1 is 0.724 bits per heavy atom. The highest BCUT2D eigenvalue weighted by Gasteiger charge is 2.07. The number of rotatable bonds is 7. The third-order valence-electron chi connectivity index (χ3n) is 3.65. The number of hydrogen-bond acceptors (Lipinski definition) is 8. The van der Waals surface area contributed by atoms with E-state index in [1.54, 1.807) is 6.21 Å². The molecule has 0 aliphatic carbocycles. The molecule has 0 saturated carbocycles. The molecule has 0 amide bonds. The van der Waals surface area contributed by atoms with Gasteiger partial charge in [0.25, 0.3) is 0 Å². The summed E-state index contributed by atoms with van der Waals surface area (Å²) in [4.78, 5) is 13.2. The second kappa shape index (κ2) is 9.15. The molecular weight excluding hydrogens is 481 g/mol. The predicted octanol–water partition coefficient (Wildman–Crippen LogP) is 5.00. The summed E-state index contributed by atoms with van der Waals surface area (Å²) in [5.41, 5.74) is 4.55. The summed E-state index contributed by atoms with van der Waals surface area (Å²) in [7, 11) is 0. The Morgan fingerprint density at radius 3 is 1.79 bits per heavy atom. The zero-order valence-electron chi connectivity index (χ0n) is 15.1. The van der Waals surface area contributed by atoms with Crippen molar-refractivity contribution in [2.45, 2.75) is 0 Å². The van der Waals surface area contributed by atoms with Gasteiger partial charge in [-0.2, -0.15) is 20.1 Å². The minimum Gasteiger partial charge on any atom is -0.449 e. The number of halogens is 1. The summed E-state index contributed by atoms with van der Waals surface area (Å²) in [6.07, 6.45) is 1.56. The number of hydrazone groups is 1. The van der Waals surface area contributed by atoms with E-state index in [0.29, 0.717) is 17.7 Å². The van der Waals surface area contributed by atoms with Crippen LogP contribution in [0.15, 0.2) is 82.3 Å². The van der Waals surface area contributed by atoms with Crippen LogP contribution in [0, 0.1) is 3.77 Å². The summed E-state index contributed by atoms with van der Waals surface area (Å²) in [6, 6.07) is 23.0. The number of benzene rings is 2. The van der Waals surface area contributed by atoms with E-state index in [0.717, 1.165) is 15.1 Å². The topological polar surface area (TPSA) is 100 Å². The molecule has 29 heavy (non-hydrogen) atoms. The van der Waals surface area contributed by atoms with E-state index in [-0.39, 0.29) is 5.95 Å². The smallest absolute Gasteiger partial charge is 0.250 e. The molecule has 3 N–H and O–H groups in total. The number of anilines is 5. The molecule has 4 rings (SSSR count). The molecule has 0 radical (unpaired) electrons. The molecular formula is C20H16IN7O. The first kappa shape index (κ1) is 18.9. The third kappa shape index (κ3) is 5.51. The lowest BCUT2D eigenvalue weighted by molar-refractivity contribution is 0.531. The van der Waals surface area contributed by atoms with Crippen LogP contribution in [0.2, 0.25) is 0 Å². The minimum atomic E-state index is 0.286. The predicted molar refractivity (Wildman–Crippen MR) is 122 cm³/mol. The zero-order chi connectivity index (χ0) is 19.9. The van der Waals surface area contributed by atoms with Crippen molar-refractivity contribution in [3.05, 3.63) is 82.3 Å². The molecule has 0 aliphatic heterocycles. The van der Waals surface area contributed by atoms with Crippen molar-refractivity contribution in [1.82, 2.24) is 15.0 Å². The van der Waals surface area contributed by atoms with Crippen molar-refractivity contribution in [2.75, 3.05) is 16.1 Å². The van der Waals surface area contributed by atoms with E-state index in [2.05, 4.69) is 58.7 Å². The first-order valence-corrected chi connectivity index (χ1v) is 9.77. The average molecular weight is 497 g/mol. The highest BCUT2D eigenvalue weighted by molar-refractivity contribution is 14.1. The molecule has 9 heteroatoms. The van der Waals surface area contributed by atoms with E-state index >= 15 is 0 Å². The van der Waals surface area contributed by atoms with Gasteiger partial charge in [-0.15, -0.1) is 0 Å². The van der Waals surface area contributed by atoms with Crippen LogP contribution in [0.3, 0.4) is 0 Å². The monoisotopic (exact) mass is 497 g/mol. The molecule has 0 bridgehead atoms. The lowest BCUT2D eigenvalue weighted by Crippen LogP contribution is -2.07. The molecule has 0 aliphatic rings. The van der Waals surface area contributed by atoms with Gasteiger partial charge in [0.05, 0.1) is 6.21 Å². The fourth-order valence-electron chi connectivity index (χ4n) is 2.39. The number of para-hydroxylation sites is 2. The molecule has 144 valence electrons. The minimum absolute atomic E-state index is 0.286. The lowest BCUT2D eigenvalue weighted by Gasteiger charge is -2.10. The molecule has 2 aromatic heterocycles. The highest BCUT2D eigenvalue weighted by atomic mass is 127. The van der Waals surface area contributed by atoms with Gasteiger partial charge in [-0.25, -0.2) is 5.43 Å². The van der Waals surface area contributed by atoms with E-state index in [4.69, 9.17) is 4.42 Å². The summed E-state index contributed by atoms with van der Waals surface area (Å²) < 4.78 is 6.23. The van der Waals surface area contributed by atoms with Crippen LogP contribution in [0.5, 0.6) is 0 Å². The largest absolute Gasteiger partial charge is 0.449 e. The number of nitrogens with one attached hydrogen (secondary N) is 3. The zero-order valence-corrected chi connectivity index (χ0v) is 17.2. The normalized spacial score (nSPS) is 10.8. The van der Waals surface area contributed by atoms with Gasteiger partial charge in [-0.1, -0.05) is 36.4 Å². The van der Waals surface area contributed by atoms with E-state index < -0.39 is 0 Å². The van der Waals surface area contributed by atoms with Crippen molar-refractivity contribution in [1.29, 1.82) is 0 Å². The van der Waals surface area contributed by atoms with Crippen LogP contribution < -0.4 is 16.1 Å². The Hall–Kier alpha value is -3.47. The summed E-state index contributed by atoms with van der Waals surface area (Å²) >= 11 is 2.10. The maximum atomic E-state index is 5.45. The van der Waals surface area contributed by atoms with Gasteiger partial charge in [0.2, 0.25) is 17.8 Å². The molecule has 2 aromatic carbocycles. The van der Waals surface area contributed by atoms with Gasteiger partial charge >= 0.3 is 0 Å². The number of hydrogen-bond donors (Lipinski definition) is 3. The van der Waals surface area contributed by atoms with E-state index in [1.165, 1.54) is 0 Å². The summed E-state index contributed by atoms with van der Waals surface area (Å²) in [6.45, 7) is 0.